The van der Waals surface area contributed by atoms with Gasteiger partial charge in [0.25, 0.3) is 0 Å². The van der Waals surface area contributed by atoms with Crippen molar-refractivity contribution in [2.75, 3.05) is 5.43 Å². The van der Waals surface area contributed by atoms with Crippen LogP contribution in [0.5, 0.6) is 5.75 Å². The maximum Gasteiger partial charge on any atom is 0.387 e. The van der Waals surface area contributed by atoms with Crippen LogP contribution in [0.2, 0.25) is 0 Å². The quantitative estimate of drug-likeness (QED) is 0.523. The first-order valence-electron chi connectivity index (χ1n) is 8.30. The normalized spacial score (nSPS) is 14.1. The van der Waals surface area contributed by atoms with E-state index in [0.717, 1.165) is 29.5 Å². The van der Waals surface area contributed by atoms with Crippen molar-refractivity contribution in [3.63, 3.8) is 0 Å². The molecule has 5 nitrogen and oxygen atoms in total. The van der Waals surface area contributed by atoms with Gasteiger partial charge in [0, 0.05) is 10.4 Å². The molecule has 2 heterocycles. The Morgan fingerprint density at radius 3 is 2.92 bits per heavy atom. The minimum absolute atomic E-state index is 0.0776. The molecule has 0 unspecified atom stereocenters. The van der Waals surface area contributed by atoms with Gasteiger partial charge < -0.3 is 4.74 Å². The van der Waals surface area contributed by atoms with Crippen LogP contribution in [-0.2, 0) is 12.8 Å². The number of aromatic nitrogens is 2. The Balaban J connectivity index is 1.61. The van der Waals surface area contributed by atoms with Crippen molar-refractivity contribution in [1.82, 2.24) is 9.97 Å². The number of nitrogens with zero attached hydrogens (tertiary/aromatic N) is 3. The summed E-state index contributed by atoms with van der Waals surface area (Å²) < 4.78 is 29.5. The Hall–Kier alpha value is -2.61. The summed E-state index contributed by atoms with van der Waals surface area (Å²) in [7, 11) is 0. The molecule has 1 aliphatic rings. The molecule has 0 saturated carbocycles. The number of fused-ring (bicyclic) bond motifs is 3. The van der Waals surface area contributed by atoms with Crippen molar-refractivity contribution in [2.24, 2.45) is 5.10 Å². The zero-order valence-corrected chi connectivity index (χ0v) is 14.6. The zero-order chi connectivity index (χ0) is 17.9. The number of nitrogens with one attached hydrogen (secondary N) is 1. The lowest BCUT2D eigenvalue weighted by Gasteiger charge is -2.11. The largest absolute Gasteiger partial charge is 0.434 e. The minimum atomic E-state index is -2.88. The highest BCUT2D eigenvalue weighted by Crippen LogP contribution is 2.38. The van der Waals surface area contributed by atoms with Crippen LogP contribution in [0.15, 0.2) is 35.7 Å². The van der Waals surface area contributed by atoms with Gasteiger partial charge in [0.15, 0.2) is 5.82 Å². The fraction of sp³-hybridized carbons (Fsp3) is 0.278. The molecule has 3 aromatic rings. The molecule has 0 amide bonds. The van der Waals surface area contributed by atoms with Gasteiger partial charge in [-0.1, -0.05) is 12.1 Å². The molecule has 4 rings (SSSR count). The maximum absolute atomic E-state index is 12.5. The Labute approximate surface area is 152 Å². The molecule has 0 spiro atoms. The number of hydrazone groups is 1. The van der Waals surface area contributed by atoms with Crippen LogP contribution in [0, 0.1) is 0 Å². The Bertz CT molecular complexity index is 958. The van der Waals surface area contributed by atoms with Gasteiger partial charge in [0.2, 0.25) is 0 Å². The van der Waals surface area contributed by atoms with Gasteiger partial charge in [-0.3, -0.25) is 5.43 Å². The first-order valence-corrected chi connectivity index (χ1v) is 9.12. The van der Waals surface area contributed by atoms with Crippen LogP contribution in [0.3, 0.4) is 0 Å². The van der Waals surface area contributed by atoms with Crippen LogP contribution in [0.1, 0.15) is 28.8 Å². The van der Waals surface area contributed by atoms with Gasteiger partial charge in [0.05, 0.1) is 11.6 Å². The zero-order valence-electron chi connectivity index (χ0n) is 13.8. The predicted molar refractivity (Wildman–Crippen MR) is 98.3 cm³/mol. The summed E-state index contributed by atoms with van der Waals surface area (Å²) in [6, 6.07) is 6.50. The van der Waals surface area contributed by atoms with Crippen molar-refractivity contribution in [2.45, 2.75) is 32.3 Å². The Kier molecular flexibility index (Phi) is 4.75. The summed E-state index contributed by atoms with van der Waals surface area (Å²) in [5, 5.41) is 5.19. The topological polar surface area (TPSA) is 59.4 Å². The van der Waals surface area contributed by atoms with Crippen LogP contribution in [0.4, 0.5) is 14.6 Å². The first kappa shape index (κ1) is 16.8. The number of rotatable bonds is 5. The third-order valence-corrected chi connectivity index (χ3v) is 5.46. The highest BCUT2D eigenvalue weighted by Gasteiger charge is 2.19. The van der Waals surface area contributed by atoms with E-state index >= 15 is 0 Å². The summed E-state index contributed by atoms with van der Waals surface area (Å²) in [5.74, 6) is 0.715. The molecular weight excluding hydrogens is 358 g/mol. The van der Waals surface area contributed by atoms with E-state index in [1.54, 1.807) is 29.5 Å². The van der Waals surface area contributed by atoms with E-state index in [0.29, 0.717) is 11.4 Å². The molecule has 2 aromatic heterocycles. The summed E-state index contributed by atoms with van der Waals surface area (Å²) in [4.78, 5) is 11.0. The SMILES string of the molecule is FC(F)Oc1ccccc1C=NNc1ncnc2sc3c(c12)CCCC3. The molecule has 0 radical (unpaired) electrons. The lowest BCUT2D eigenvalue weighted by molar-refractivity contribution is -0.0499. The lowest BCUT2D eigenvalue weighted by Crippen LogP contribution is -2.04. The smallest absolute Gasteiger partial charge is 0.387 e. The van der Waals surface area contributed by atoms with Crippen molar-refractivity contribution in [1.29, 1.82) is 0 Å². The predicted octanol–water partition coefficient (Wildman–Crippen LogP) is 4.62. The molecule has 8 heteroatoms. The average molecular weight is 374 g/mol. The number of aryl methyl sites for hydroxylation is 2. The molecule has 0 aliphatic heterocycles. The molecular formula is C18H16F2N4OS. The number of alkyl halides is 2. The van der Waals surface area contributed by atoms with Crippen molar-refractivity contribution >= 4 is 33.6 Å². The number of ether oxygens (including phenoxy) is 1. The van der Waals surface area contributed by atoms with Crippen molar-refractivity contribution in [3.8, 4) is 5.75 Å². The average Bonchev–Trinajstić information content (AvgIpc) is 3.02. The number of thiophene rings is 1. The van der Waals surface area contributed by atoms with E-state index < -0.39 is 6.61 Å². The van der Waals surface area contributed by atoms with Crippen molar-refractivity contribution in [3.05, 3.63) is 46.6 Å². The first-order chi connectivity index (χ1) is 12.7. The minimum Gasteiger partial charge on any atom is -0.434 e. The fourth-order valence-electron chi connectivity index (χ4n) is 3.13. The van der Waals surface area contributed by atoms with Crippen molar-refractivity contribution < 1.29 is 13.5 Å². The Morgan fingerprint density at radius 2 is 2.04 bits per heavy atom. The van der Waals surface area contributed by atoms with Gasteiger partial charge in [-0.15, -0.1) is 11.3 Å². The van der Waals surface area contributed by atoms with E-state index in [9.17, 15) is 8.78 Å². The van der Waals surface area contributed by atoms with E-state index in [4.69, 9.17) is 0 Å². The van der Waals surface area contributed by atoms with E-state index in [1.807, 2.05) is 0 Å². The maximum atomic E-state index is 12.5. The third-order valence-electron chi connectivity index (χ3n) is 4.26. The van der Waals surface area contributed by atoms with Crippen LogP contribution < -0.4 is 10.2 Å². The third kappa shape index (κ3) is 3.37. The van der Waals surface area contributed by atoms with Gasteiger partial charge in [-0.2, -0.15) is 13.9 Å². The van der Waals surface area contributed by atoms with E-state index in [2.05, 4.69) is 25.2 Å². The number of halogens is 2. The molecule has 134 valence electrons. The molecule has 0 fully saturated rings. The van der Waals surface area contributed by atoms with Crippen LogP contribution in [-0.4, -0.2) is 22.8 Å². The van der Waals surface area contributed by atoms with Crippen LogP contribution >= 0.6 is 11.3 Å². The second-order valence-electron chi connectivity index (χ2n) is 5.90. The van der Waals surface area contributed by atoms with Gasteiger partial charge in [0.1, 0.15) is 16.9 Å². The van der Waals surface area contributed by atoms with Gasteiger partial charge in [-0.25, -0.2) is 9.97 Å². The number of anilines is 1. The summed E-state index contributed by atoms with van der Waals surface area (Å²) in [6.45, 7) is -2.88. The lowest BCUT2D eigenvalue weighted by atomic mass is 9.97. The Morgan fingerprint density at radius 1 is 1.19 bits per heavy atom. The summed E-state index contributed by atoms with van der Waals surface area (Å²) in [5.41, 5.74) is 4.69. The second-order valence-corrected chi connectivity index (χ2v) is 6.98. The highest BCUT2D eigenvalue weighted by molar-refractivity contribution is 7.19. The number of para-hydroxylation sites is 1. The number of hydrogen-bond donors (Lipinski definition) is 1. The molecule has 0 saturated heterocycles. The fourth-order valence-corrected chi connectivity index (χ4v) is 4.36. The summed E-state index contributed by atoms with van der Waals surface area (Å²) >= 11 is 1.71. The monoisotopic (exact) mass is 374 g/mol. The molecule has 26 heavy (non-hydrogen) atoms. The molecule has 1 N–H and O–H groups in total. The van der Waals surface area contributed by atoms with E-state index in [-0.39, 0.29) is 5.75 Å². The molecule has 1 aromatic carbocycles. The standard InChI is InChI=1S/C18H16F2N4OS/c19-18(20)25-13-7-3-1-5-11(13)9-23-24-16-15-12-6-2-4-8-14(12)26-17(15)22-10-21-16/h1,3,5,7,9-10,18H,2,4,6,8H2,(H,21,22,24). The molecule has 0 bridgehead atoms. The number of benzene rings is 1. The number of hydrogen-bond acceptors (Lipinski definition) is 6. The molecule has 1 aliphatic carbocycles. The van der Waals surface area contributed by atoms with Gasteiger partial charge >= 0.3 is 6.61 Å². The van der Waals surface area contributed by atoms with E-state index in [1.165, 1.54) is 35.5 Å². The highest BCUT2D eigenvalue weighted by atomic mass is 32.1. The van der Waals surface area contributed by atoms with Gasteiger partial charge in [-0.05, 0) is 43.4 Å². The molecule has 0 atom stereocenters. The second kappa shape index (κ2) is 7.33. The summed E-state index contributed by atoms with van der Waals surface area (Å²) in [6.07, 6.45) is 7.42. The van der Waals surface area contributed by atoms with Crippen LogP contribution in [0.25, 0.3) is 10.2 Å².